The van der Waals surface area contributed by atoms with Crippen LogP contribution in [0, 0.1) is 47.3 Å². The Labute approximate surface area is 398 Å². The fourth-order valence-corrected chi connectivity index (χ4v) is 13.0. The molecule has 362 valence electrons. The molecule has 4 aliphatic carbocycles. The number of hydrogen-bond acceptors (Lipinski definition) is 8. The number of benzene rings is 2. The Bertz CT molecular complexity index is 2290. The van der Waals surface area contributed by atoms with Gasteiger partial charge in [-0.25, -0.2) is 0 Å². The van der Waals surface area contributed by atoms with Crippen LogP contribution in [0.3, 0.4) is 0 Å². The first kappa shape index (κ1) is 48.7. The monoisotopic (exact) mass is 916 g/mol. The number of aliphatic hydroxyl groups is 3. The molecule has 2 aromatic carbocycles. The van der Waals surface area contributed by atoms with E-state index in [2.05, 4.69) is 85.7 Å². The first-order chi connectivity index (χ1) is 32.2. The molecule has 1 aliphatic heterocycles. The van der Waals surface area contributed by atoms with Gasteiger partial charge in [-0.15, -0.1) is 0 Å². The Morgan fingerprint density at radius 1 is 0.896 bits per heavy atom. The second-order valence-electron chi connectivity index (χ2n) is 21.4. The van der Waals surface area contributed by atoms with E-state index in [1.807, 2.05) is 18.2 Å². The Hall–Kier alpha value is -4.77. The first-order valence-corrected chi connectivity index (χ1v) is 25.6. The Morgan fingerprint density at radius 3 is 2.40 bits per heavy atom. The highest BCUT2D eigenvalue weighted by Crippen LogP contribution is 2.59. The lowest BCUT2D eigenvalue weighted by Gasteiger charge is -2.46. The van der Waals surface area contributed by atoms with Crippen molar-refractivity contribution in [3.05, 3.63) is 119 Å². The van der Waals surface area contributed by atoms with Crippen LogP contribution < -0.4 is 11.1 Å². The summed E-state index contributed by atoms with van der Waals surface area (Å²) < 4.78 is 0. The van der Waals surface area contributed by atoms with Gasteiger partial charge in [0.1, 0.15) is 11.5 Å². The molecule has 67 heavy (non-hydrogen) atoms. The number of nitrogens with one attached hydrogen (secondary N) is 2. The summed E-state index contributed by atoms with van der Waals surface area (Å²) in [6.45, 7) is 7.18. The number of hydrogen-bond donors (Lipinski definition) is 9. The molecular formula is C57H77N3O7. The fraction of sp³-hybridized carbons (Fsp3) is 0.561. The minimum atomic E-state index is -1.21. The van der Waals surface area contributed by atoms with Gasteiger partial charge in [0.25, 0.3) is 0 Å². The molecule has 5 aliphatic rings. The average molecular weight is 916 g/mol. The van der Waals surface area contributed by atoms with E-state index in [1.54, 1.807) is 6.07 Å². The number of rotatable bonds is 17. The van der Waals surface area contributed by atoms with Gasteiger partial charge >= 0.3 is 5.97 Å². The molecule has 2 fully saturated rings. The van der Waals surface area contributed by atoms with E-state index in [0.29, 0.717) is 61.0 Å². The third-order valence-electron chi connectivity index (χ3n) is 16.7. The molecular weight excluding hydrogens is 839 g/mol. The van der Waals surface area contributed by atoms with Gasteiger partial charge in [-0.1, -0.05) is 108 Å². The molecule has 8 rings (SSSR count). The van der Waals surface area contributed by atoms with Crippen LogP contribution in [-0.2, 0) is 11.2 Å². The summed E-state index contributed by atoms with van der Waals surface area (Å²) in [5.41, 5.74) is 11.5. The van der Waals surface area contributed by atoms with Gasteiger partial charge in [0.2, 0.25) is 0 Å². The average Bonchev–Trinajstić information content (AvgIpc) is 3.89. The van der Waals surface area contributed by atoms with Crippen molar-refractivity contribution in [1.82, 2.24) is 10.3 Å². The number of H-pyrrole nitrogens is 1. The molecule has 2 heterocycles. The number of aromatic hydroxyl groups is 2. The number of dihydropyridines is 1. The number of phenolic OH excluding ortho intramolecular Hbond substituents is 2. The quantitative estimate of drug-likeness (QED) is 0.0468. The summed E-state index contributed by atoms with van der Waals surface area (Å²) in [5, 5.41) is 72.9. The number of phenols is 2. The Kier molecular flexibility index (Phi) is 15.4. The van der Waals surface area contributed by atoms with Gasteiger partial charge in [-0.3, -0.25) is 4.79 Å². The van der Waals surface area contributed by atoms with Gasteiger partial charge in [0.15, 0.2) is 0 Å². The molecule has 10 nitrogen and oxygen atoms in total. The molecule has 0 saturated heterocycles. The van der Waals surface area contributed by atoms with Gasteiger partial charge in [-0.2, -0.15) is 0 Å². The van der Waals surface area contributed by atoms with Gasteiger partial charge < -0.3 is 46.7 Å². The zero-order valence-electron chi connectivity index (χ0n) is 40.0. The highest BCUT2D eigenvalue weighted by atomic mass is 16.4. The maximum atomic E-state index is 13.4. The second-order valence-corrected chi connectivity index (χ2v) is 21.4. The smallest absolute Gasteiger partial charge is 0.309 e. The first-order valence-electron chi connectivity index (χ1n) is 25.6. The lowest BCUT2D eigenvalue weighted by atomic mass is 9.62. The van der Waals surface area contributed by atoms with Gasteiger partial charge in [0.05, 0.1) is 29.5 Å². The second kappa shape index (κ2) is 21.3. The van der Waals surface area contributed by atoms with E-state index in [9.17, 15) is 35.4 Å². The lowest BCUT2D eigenvalue weighted by molar-refractivity contribution is -0.153. The zero-order chi connectivity index (χ0) is 47.4. The molecule has 0 spiro atoms. The van der Waals surface area contributed by atoms with Crippen LogP contribution in [-0.4, -0.2) is 65.9 Å². The number of aromatic amines is 1. The van der Waals surface area contributed by atoms with E-state index < -0.39 is 29.5 Å². The lowest BCUT2D eigenvalue weighted by Crippen LogP contribution is -2.50. The summed E-state index contributed by atoms with van der Waals surface area (Å²) in [6.07, 6.45) is 23.2. The molecule has 2 bridgehead atoms. The molecule has 2 saturated carbocycles. The van der Waals surface area contributed by atoms with E-state index in [4.69, 9.17) is 5.73 Å². The molecule has 0 unspecified atom stereocenters. The topological polar surface area (TPSA) is 192 Å². The number of aliphatic carboxylic acids is 1. The van der Waals surface area contributed by atoms with Crippen LogP contribution in [0.5, 0.6) is 11.5 Å². The van der Waals surface area contributed by atoms with Crippen molar-refractivity contribution in [3.8, 4) is 22.8 Å². The van der Waals surface area contributed by atoms with Crippen LogP contribution in [0.4, 0.5) is 0 Å². The van der Waals surface area contributed by atoms with E-state index in [1.165, 1.54) is 30.9 Å². The molecule has 1 aromatic heterocycles. The van der Waals surface area contributed by atoms with E-state index >= 15 is 0 Å². The number of nitrogens with two attached hydrogens (primary N) is 1. The van der Waals surface area contributed by atoms with Crippen LogP contribution in [0.2, 0.25) is 0 Å². The van der Waals surface area contributed by atoms with Crippen LogP contribution >= 0.6 is 0 Å². The van der Waals surface area contributed by atoms with Crippen molar-refractivity contribution >= 4 is 5.97 Å². The molecule has 0 radical (unpaired) electrons. The highest BCUT2D eigenvalue weighted by Gasteiger charge is 2.59. The maximum Gasteiger partial charge on any atom is 0.309 e. The number of carbonyl (C=O) groups is 1. The molecule has 10 N–H and O–H groups in total. The van der Waals surface area contributed by atoms with E-state index in [0.717, 1.165) is 67.5 Å². The van der Waals surface area contributed by atoms with Crippen molar-refractivity contribution in [3.63, 3.8) is 0 Å². The minimum absolute atomic E-state index is 0.0113. The predicted octanol–water partition coefficient (Wildman–Crippen LogP) is 10.3. The Morgan fingerprint density at radius 2 is 1.67 bits per heavy atom. The predicted molar refractivity (Wildman–Crippen MR) is 265 cm³/mol. The summed E-state index contributed by atoms with van der Waals surface area (Å²) in [7, 11) is 0. The van der Waals surface area contributed by atoms with Crippen LogP contribution in [0.25, 0.3) is 11.3 Å². The van der Waals surface area contributed by atoms with Crippen LogP contribution in [0.15, 0.2) is 96.4 Å². The number of unbranched alkanes of at least 4 members (excludes halogenated alkanes) is 3. The normalized spacial score (nSPS) is 31.6. The standard InChI is InChI=1S/C57H77N3O7/c1-4-5-6-9-35-14-17-39(51(62)28-35)10-7-8-11-40-18-20-44(49-22-23-50(60-49)45-31-43(61)32-52(63)46(45)27-36-12-15-38(16-13-36)34(2)3)48-30-42(26-37-24-25-59-53(58)29-37)47-21-19-41(33-57(47,48)67)55(64)54(40)56(65)66/h12-17,19,21-24,29,31-32,34-35,39-42,44,47-48,51,54-55,59-64,67H,4-11,18,20,25-28,30,33,58H2,1-3H3,(H,65,66)/t35-,39+,40-,41-,42-,44-,47-,48+,51-,54-,55+,57+/m0/s1. The van der Waals surface area contributed by atoms with Crippen molar-refractivity contribution < 1.29 is 35.4 Å². The molecule has 0 amide bonds. The summed E-state index contributed by atoms with van der Waals surface area (Å²) in [6, 6.07) is 15.6. The largest absolute Gasteiger partial charge is 0.508 e. The Balaban J connectivity index is 1.10. The fourth-order valence-electron chi connectivity index (χ4n) is 13.0. The minimum Gasteiger partial charge on any atom is -0.508 e. The third kappa shape index (κ3) is 10.9. The third-order valence-corrected chi connectivity index (χ3v) is 16.7. The number of carboxylic acid groups (broad SMARTS) is 1. The summed E-state index contributed by atoms with van der Waals surface area (Å²) >= 11 is 0. The molecule has 12 atom stereocenters. The number of aromatic nitrogens is 1. The number of fused-ring (bicyclic) bond motifs is 1. The van der Waals surface area contributed by atoms with Gasteiger partial charge in [-0.05, 0) is 128 Å². The molecule has 10 heteroatoms. The zero-order valence-corrected chi connectivity index (χ0v) is 40.0. The number of allylic oxidation sites excluding steroid dienone is 3. The van der Waals surface area contributed by atoms with Crippen molar-refractivity contribution in [2.45, 2.75) is 147 Å². The van der Waals surface area contributed by atoms with Gasteiger partial charge in [0, 0.05) is 65.2 Å². The van der Waals surface area contributed by atoms with Crippen molar-refractivity contribution in [2.24, 2.45) is 53.1 Å². The number of aliphatic hydroxyl groups excluding tert-OH is 2. The summed E-state index contributed by atoms with van der Waals surface area (Å²) in [5.74, 6) is -1.83. The maximum absolute atomic E-state index is 13.4. The van der Waals surface area contributed by atoms with Crippen molar-refractivity contribution in [1.29, 1.82) is 0 Å². The van der Waals surface area contributed by atoms with Crippen LogP contribution in [0.1, 0.15) is 145 Å². The molecule has 3 aromatic rings. The SMILES string of the molecule is CCCCC[C@H]1C=C[C@@H](CCCC[C@H]2CC[C@H](c3ccc(-c4cc(O)cc(O)c4Cc4ccc(C(C)C)cc4)[nH]3)[C@H]3C[C@H](CC4=CCNC(N)=C4)[C@@H]4C=C[C@@H](C[C@]34O)[C@@H](O)[C@H]2C(=O)O)[C@@H](O)C1. The highest BCUT2D eigenvalue weighted by molar-refractivity contribution is 5.72. The summed E-state index contributed by atoms with van der Waals surface area (Å²) in [4.78, 5) is 17.1. The van der Waals surface area contributed by atoms with E-state index in [-0.39, 0.29) is 59.5 Å². The van der Waals surface area contributed by atoms with Crippen molar-refractivity contribution in [2.75, 3.05) is 6.54 Å². The number of carboxylic acids is 1.